The van der Waals surface area contributed by atoms with Gasteiger partial charge < -0.3 is 9.47 Å². The summed E-state index contributed by atoms with van der Waals surface area (Å²) in [6, 6.07) is 7.14. The van der Waals surface area contributed by atoms with Gasteiger partial charge in [-0.3, -0.25) is 5.32 Å². The number of nitrogens with one attached hydrogen (secondary N) is 1. The van der Waals surface area contributed by atoms with Gasteiger partial charge in [0.1, 0.15) is 5.75 Å². The van der Waals surface area contributed by atoms with Crippen molar-refractivity contribution in [3.05, 3.63) is 24.3 Å². The lowest BCUT2D eigenvalue weighted by Gasteiger charge is -2.07. The Labute approximate surface area is 95.6 Å². The van der Waals surface area contributed by atoms with Crippen molar-refractivity contribution in [2.24, 2.45) is 0 Å². The van der Waals surface area contributed by atoms with Crippen molar-refractivity contribution >= 4 is 11.8 Å². The summed E-state index contributed by atoms with van der Waals surface area (Å²) in [5.74, 6) is 0.700. The molecule has 0 aromatic heterocycles. The second kappa shape index (κ2) is 6.71. The fraction of sp³-hybridized carbons (Fsp3) is 0.417. The van der Waals surface area contributed by atoms with Crippen LogP contribution in [0.5, 0.6) is 5.75 Å². The molecule has 0 aliphatic heterocycles. The lowest BCUT2D eigenvalue weighted by Crippen LogP contribution is -2.14. The van der Waals surface area contributed by atoms with Crippen LogP contribution in [0.3, 0.4) is 0 Å². The molecule has 0 radical (unpaired) electrons. The highest BCUT2D eigenvalue weighted by Crippen LogP contribution is 2.16. The first-order chi connectivity index (χ1) is 7.76. The maximum atomic E-state index is 11.3. The standard InChI is InChI=1S/C12H17NO3/c1-3-4-8-16-12(14)13-10-6-5-7-11(9-10)15-2/h5-7,9H,3-4,8H2,1-2H3,(H,13,14). The summed E-state index contributed by atoms with van der Waals surface area (Å²) >= 11 is 0. The molecule has 88 valence electrons. The molecular formula is C12H17NO3. The van der Waals surface area contributed by atoms with Crippen LogP contribution < -0.4 is 10.1 Å². The molecule has 0 bridgehead atoms. The molecule has 0 aliphatic carbocycles. The molecule has 4 heteroatoms. The minimum Gasteiger partial charge on any atom is -0.497 e. The second-order valence-electron chi connectivity index (χ2n) is 3.35. The molecule has 0 spiro atoms. The maximum absolute atomic E-state index is 11.3. The molecule has 1 rings (SSSR count). The van der Waals surface area contributed by atoms with Crippen LogP contribution in [-0.4, -0.2) is 19.8 Å². The summed E-state index contributed by atoms with van der Waals surface area (Å²) < 4.78 is 10.0. The fourth-order valence-electron chi connectivity index (χ4n) is 1.16. The average Bonchev–Trinajstić information content (AvgIpc) is 2.29. The monoisotopic (exact) mass is 223 g/mol. The summed E-state index contributed by atoms with van der Waals surface area (Å²) in [7, 11) is 1.58. The minimum absolute atomic E-state index is 0.429. The Balaban J connectivity index is 2.43. The SMILES string of the molecule is CCCCOC(=O)Nc1cccc(OC)c1. The molecule has 1 amide bonds. The molecule has 0 saturated heterocycles. The average molecular weight is 223 g/mol. The summed E-state index contributed by atoms with van der Waals surface area (Å²) in [5.41, 5.74) is 0.667. The third-order valence-electron chi connectivity index (χ3n) is 2.05. The van der Waals surface area contributed by atoms with Crippen LogP contribution in [0.25, 0.3) is 0 Å². The van der Waals surface area contributed by atoms with E-state index in [9.17, 15) is 4.79 Å². The van der Waals surface area contributed by atoms with Crippen LogP contribution in [0.2, 0.25) is 0 Å². The van der Waals surface area contributed by atoms with Crippen LogP contribution in [-0.2, 0) is 4.74 Å². The highest BCUT2D eigenvalue weighted by molar-refractivity contribution is 5.84. The first-order valence-electron chi connectivity index (χ1n) is 5.34. The largest absolute Gasteiger partial charge is 0.497 e. The van der Waals surface area contributed by atoms with Gasteiger partial charge in [-0.05, 0) is 18.6 Å². The number of methoxy groups -OCH3 is 1. The Kier molecular flexibility index (Phi) is 5.19. The number of amides is 1. The molecule has 0 unspecified atom stereocenters. The van der Waals surface area contributed by atoms with Crippen molar-refractivity contribution in [2.45, 2.75) is 19.8 Å². The van der Waals surface area contributed by atoms with Crippen molar-refractivity contribution in [3.8, 4) is 5.75 Å². The quantitative estimate of drug-likeness (QED) is 0.780. The second-order valence-corrected chi connectivity index (χ2v) is 3.35. The lowest BCUT2D eigenvalue weighted by atomic mass is 10.3. The predicted molar refractivity (Wildman–Crippen MR) is 62.9 cm³/mol. The molecular weight excluding hydrogens is 206 g/mol. The zero-order valence-corrected chi connectivity index (χ0v) is 9.66. The third kappa shape index (κ3) is 4.21. The van der Waals surface area contributed by atoms with Crippen LogP contribution >= 0.6 is 0 Å². The summed E-state index contributed by atoms with van der Waals surface area (Å²) in [4.78, 5) is 11.3. The van der Waals surface area contributed by atoms with Gasteiger partial charge in [-0.15, -0.1) is 0 Å². The van der Waals surface area contributed by atoms with Crippen molar-refractivity contribution < 1.29 is 14.3 Å². The fourth-order valence-corrected chi connectivity index (χ4v) is 1.16. The minimum atomic E-state index is -0.429. The van der Waals surface area contributed by atoms with Gasteiger partial charge in [-0.25, -0.2) is 4.79 Å². The number of rotatable bonds is 5. The molecule has 1 aromatic rings. The van der Waals surface area contributed by atoms with Gasteiger partial charge in [-0.1, -0.05) is 19.4 Å². The Morgan fingerprint density at radius 3 is 2.94 bits per heavy atom. The van der Waals surface area contributed by atoms with Crippen molar-refractivity contribution in [2.75, 3.05) is 19.0 Å². The molecule has 0 heterocycles. The first-order valence-corrected chi connectivity index (χ1v) is 5.34. The van der Waals surface area contributed by atoms with Crippen molar-refractivity contribution in [1.29, 1.82) is 0 Å². The molecule has 0 saturated carbocycles. The molecule has 1 N–H and O–H groups in total. The molecule has 0 atom stereocenters. The smallest absolute Gasteiger partial charge is 0.411 e. The van der Waals surface area contributed by atoms with Crippen LogP contribution in [0.15, 0.2) is 24.3 Å². The van der Waals surface area contributed by atoms with Gasteiger partial charge in [0.2, 0.25) is 0 Å². The summed E-state index contributed by atoms with van der Waals surface area (Å²) in [6.07, 6.45) is 1.46. The van der Waals surface area contributed by atoms with Gasteiger partial charge in [-0.2, -0.15) is 0 Å². The van der Waals surface area contributed by atoms with E-state index in [1.54, 1.807) is 25.3 Å². The molecule has 16 heavy (non-hydrogen) atoms. The number of benzene rings is 1. The van der Waals surface area contributed by atoms with E-state index < -0.39 is 6.09 Å². The van der Waals surface area contributed by atoms with E-state index in [-0.39, 0.29) is 0 Å². The Morgan fingerprint density at radius 1 is 1.44 bits per heavy atom. The number of unbranched alkanes of at least 4 members (excludes halogenated alkanes) is 1. The number of carbonyl (C=O) groups is 1. The zero-order chi connectivity index (χ0) is 11.8. The predicted octanol–water partition coefficient (Wildman–Crippen LogP) is 3.04. The number of ether oxygens (including phenoxy) is 2. The van der Waals surface area contributed by atoms with Gasteiger partial charge >= 0.3 is 6.09 Å². The van der Waals surface area contributed by atoms with E-state index in [4.69, 9.17) is 9.47 Å². The molecule has 0 aliphatic rings. The van der Waals surface area contributed by atoms with Gasteiger partial charge in [0.25, 0.3) is 0 Å². The van der Waals surface area contributed by atoms with E-state index in [1.165, 1.54) is 0 Å². The van der Waals surface area contributed by atoms with E-state index in [0.29, 0.717) is 18.0 Å². The summed E-state index contributed by atoms with van der Waals surface area (Å²) in [6.45, 7) is 2.50. The molecule has 4 nitrogen and oxygen atoms in total. The van der Waals surface area contributed by atoms with E-state index >= 15 is 0 Å². The number of anilines is 1. The topological polar surface area (TPSA) is 47.6 Å². The molecule has 0 fully saturated rings. The van der Waals surface area contributed by atoms with Crippen LogP contribution in [0, 0.1) is 0 Å². The van der Waals surface area contributed by atoms with Crippen molar-refractivity contribution in [1.82, 2.24) is 0 Å². The normalized spacial score (nSPS) is 9.62. The van der Waals surface area contributed by atoms with Gasteiger partial charge in [0.15, 0.2) is 0 Å². The molecule has 1 aromatic carbocycles. The highest BCUT2D eigenvalue weighted by atomic mass is 16.5. The number of hydrogen-bond donors (Lipinski definition) is 1. The van der Waals surface area contributed by atoms with Gasteiger partial charge in [0, 0.05) is 11.8 Å². The highest BCUT2D eigenvalue weighted by Gasteiger charge is 2.03. The Hall–Kier alpha value is -1.71. The Bertz CT molecular complexity index is 339. The van der Waals surface area contributed by atoms with Crippen LogP contribution in [0.1, 0.15) is 19.8 Å². The first kappa shape index (κ1) is 12.4. The number of carbonyl (C=O) groups excluding carboxylic acids is 1. The maximum Gasteiger partial charge on any atom is 0.411 e. The van der Waals surface area contributed by atoms with Crippen molar-refractivity contribution in [3.63, 3.8) is 0 Å². The van der Waals surface area contributed by atoms with E-state index in [0.717, 1.165) is 12.8 Å². The number of hydrogen-bond acceptors (Lipinski definition) is 3. The van der Waals surface area contributed by atoms with E-state index in [2.05, 4.69) is 5.32 Å². The Morgan fingerprint density at radius 2 is 2.25 bits per heavy atom. The van der Waals surface area contributed by atoms with Gasteiger partial charge in [0.05, 0.1) is 13.7 Å². The van der Waals surface area contributed by atoms with E-state index in [1.807, 2.05) is 13.0 Å². The third-order valence-corrected chi connectivity index (χ3v) is 2.05. The lowest BCUT2D eigenvalue weighted by molar-refractivity contribution is 0.160. The zero-order valence-electron chi connectivity index (χ0n) is 9.66. The summed E-state index contributed by atoms with van der Waals surface area (Å²) in [5, 5.41) is 2.63. The van der Waals surface area contributed by atoms with Crippen LogP contribution in [0.4, 0.5) is 10.5 Å².